The van der Waals surface area contributed by atoms with Crippen LogP contribution in [-0.2, 0) is 16.1 Å². The highest BCUT2D eigenvalue weighted by atomic mass is 32.2. The summed E-state index contributed by atoms with van der Waals surface area (Å²) in [6.07, 6.45) is 0.823. The van der Waals surface area contributed by atoms with E-state index in [0.29, 0.717) is 34.1 Å². The molecule has 0 aliphatic rings. The van der Waals surface area contributed by atoms with Crippen LogP contribution in [0.25, 0.3) is 10.9 Å². The second kappa shape index (κ2) is 10.2. The van der Waals surface area contributed by atoms with E-state index in [2.05, 4.69) is 18.8 Å². The number of carbonyl (C=O) groups excluding carboxylic acids is 2. The Kier molecular flexibility index (Phi) is 7.41. The molecule has 0 fully saturated rings. The van der Waals surface area contributed by atoms with Gasteiger partial charge in [-0.25, -0.2) is 4.98 Å². The monoisotopic (exact) mass is 424 g/mol. The highest BCUT2D eigenvalue weighted by molar-refractivity contribution is 7.99. The zero-order chi connectivity index (χ0) is 21.5. The Hall–Kier alpha value is -2.93. The number of nitrogens with zero attached hydrogens (tertiary/aromatic N) is 2. The van der Waals surface area contributed by atoms with Crippen LogP contribution in [0.3, 0.4) is 0 Å². The van der Waals surface area contributed by atoms with Crippen LogP contribution in [-0.4, -0.2) is 33.7 Å². The second-order valence-electron chi connectivity index (χ2n) is 7.29. The molecule has 0 bridgehead atoms. The van der Waals surface area contributed by atoms with E-state index in [1.165, 1.54) is 0 Å². The first-order chi connectivity index (χ1) is 14.5. The minimum atomic E-state index is -0.526. The number of ether oxygens (including phenoxy) is 1. The van der Waals surface area contributed by atoms with Gasteiger partial charge in [-0.15, -0.1) is 0 Å². The zero-order valence-electron chi connectivity index (χ0n) is 17.0. The number of Topliss-reactive ketones (excluding diaryl/α,β-unsaturated/α-hetero) is 1. The van der Waals surface area contributed by atoms with Crippen molar-refractivity contribution in [3.05, 3.63) is 70.5 Å². The molecule has 0 aliphatic heterocycles. The predicted molar refractivity (Wildman–Crippen MR) is 118 cm³/mol. The number of thioether (sulfide) groups is 1. The van der Waals surface area contributed by atoms with Gasteiger partial charge in [0, 0.05) is 12.1 Å². The minimum Gasteiger partial charge on any atom is -0.457 e. The molecule has 0 spiro atoms. The first-order valence-corrected chi connectivity index (χ1v) is 10.8. The first kappa shape index (κ1) is 21.8. The van der Waals surface area contributed by atoms with E-state index < -0.39 is 5.97 Å². The molecule has 0 N–H and O–H groups in total. The maximum absolute atomic E-state index is 12.9. The number of fused-ring (bicyclic) bond motifs is 1. The molecule has 7 heteroatoms. The van der Waals surface area contributed by atoms with Crippen LogP contribution in [0.2, 0.25) is 0 Å². The van der Waals surface area contributed by atoms with Crippen LogP contribution in [0.4, 0.5) is 0 Å². The summed E-state index contributed by atoms with van der Waals surface area (Å²) in [6, 6.07) is 15.9. The van der Waals surface area contributed by atoms with Gasteiger partial charge in [-0.2, -0.15) is 0 Å². The number of hydrogen-bond donors (Lipinski definition) is 0. The van der Waals surface area contributed by atoms with E-state index in [-0.39, 0.29) is 23.7 Å². The van der Waals surface area contributed by atoms with Gasteiger partial charge in [0.1, 0.15) is 0 Å². The van der Waals surface area contributed by atoms with Crippen molar-refractivity contribution in [3.63, 3.8) is 0 Å². The number of carbonyl (C=O) groups is 2. The number of hydrogen-bond acceptors (Lipinski definition) is 6. The van der Waals surface area contributed by atoms with Crippen LogP contribution < -0.4 is 5.56 Å². The lowest BCUT2D eigenvalue weighted by Crippen LogP contribution is -2.24. The van der Waals surface area contributed by atoms with E-state index in [9.17, 15) is 14.4 Å². The van der Waals surface area contributed by atoms with Crippen LogP contribution in [0.5, 0.6) is 0 Å². The van der Waals surface area contributed by atoms with Crippen molar-refractivity contribution in [2.24, 2.45) is 5.92 Å². The Morgan fingerprint density at radius 3 is 2.50 bits per heavy atom. The molecule has 30 heavy (non-hydrogen) atoms. The molecule has 0 atom stereocenters. The lowest BCUT2D eigenvalue weighted by molar-refractivity contribution is -0.139. The largest absolute Gasteiger partial charge is 0.457 e. The van der Waals surface area contributed by atoms with Gasteiger partial charge in [-0.1, -0.05) is 68.1 Å². The van der Waals surface area contributed by atoms with E-state index >= 15 is 0 Å². The van der Waals surface area contributed by atoms with Crippen LogP contribution in [0, 0.1) is 5.92 Å². The molecule has 0 radical (unpaired) electrons. The van der Waals surface area contributed by atoms with Crippen LogP contribution in [0.15, 0.2) is 64.5 Å². The zero-order valence-corrected chi connectivity index (χ0v) is 17.9. The van der Waals surface area contributed by atoms with E-state index in [1.807, 2.05) is 18.2 Å². The summed E-state index contributed by atoms with van der Waals surface area (Å²) in [5, 5.41) is 1.03. The number of ketones is 1. The summed E-state index contributed by atoms with van der Waals surface area (Å²) in [5.41, 5.74) is 0.978. The standard InChI is InChI=1S/C23H24N2O4S/c1-16(2)12-13-25-22(28)18-10-6-7-11-19(18)24-23(25)30-15-21(27)29-14-20(26)17-8-4-3-5-9-17/h3-11,16H,12-15H2,1-2H3. The molecule has 1 aromatic heterocycles. The molecule has 1 heterocycles. The van der Waals surface area contributed by atoms with Crippen LogP contribution >= 0.6 is 11.8 Å². The molecule has 0 aliphatic carbocycles. The molecule has 6 nitrogen and oxygen atoms in total. The average Bonchev–Trinajstić information content (AvgIpc) is 2.76. The van der Waals surface area contributed by atoms with Gasteiger partial charge in [0.2, 0.25) is 0 Å². The van der Waals surface area contributed by atoms with Crippen molar-refractivity contribution in [1.82, 2.24) is 9.55 Å². The molecule has 0 saturated heterocycles. The third kappa shape index (κ3) is 5.57. The summed E-state index contributed by atoms with van der Waals surface area (Å²) in [7, 11) is 0. The quantitative estimate of drug-likeness (QED) is 0.224. The average molecular weight is 425 g/mol. The maximum Gasteiger partial charge on any atom is 0.316 e. The molecule has 3 rings (SSSR count). The Morgan fingerprint density at radius 1 is 1.07 bits per heavy atom. The fourth-order valence-electron chi connectivity index (χ4n) is 2.86. The maximum atomic E-state index is 12.9. The number of aromatic nitrogens is 2. The first-order valence-electron chi connectivity index (χ1n) is 9.82. The SMILES string of the molecule is CC(C)CCn1c(SCC(=O)OCC(=O)c2ccccc2)nc2ccccc2c1=O. The molecule has 0 saturated carbocycles. The third-order valence-electron chi connectivity index (χ3n) is 4.54. The third-order valence-corrected chi connectivity index (χ3v) is 5.49. The normalized spacial score (nSPS) is 11.0. The van der Waals surface area contributed by atoms with Crippen molar-refractivity contribution >= 4 is 34.4 Å². The van der Waals surface area contributed by atoms with Crippen molar-refractivity contribution in [1.29, 1.82) is 0 Å². The lowest BCUT2D eigenvalue weighted by Gasteiger charge is -2.14. The molecule has 0 amide bonds. The fraction of sp³-hybridized carbons (Fsp3) is 0.304. The molecule has 0 unspecified atom stereocenters. The van der Waals surface area contributed by atoms with Crippen molar-refractivity contribution in [2.75, 3.05) is 12.4 Å². The van der Waals surface area contributed by atoms with Gasteiger partial charge in [-0.05, 0) is 24.5 Å². The van der Waals surface area contributed by atoms with Gasteiger partial charge in [0.15, 0.2) is 17.5 Å². The van der Waals surface area contributed by atoms with E-state index in [1.54, 1.807) is 41.0 Å². The summed E-state index contributed by atoms with van der Waals surface area (Å²) < 4.78 is 6.73. The summed E-state index contributed by atoms with van der Waals surface area (Å²) >= 11 is 1.15. The Labute approximate surface area is 179 Å². The molecule has 2 aromatic carbocycles. The lowest BCUT2D eigenvalue weighted by atomic mass is 10.1. The highest BCUT2D eigenvalue weighted by Crippen LogP contribution is 2.19. The smallest absolute Gasteiger partial charge is 0.316 e. The molecule has 3 aromatic rings. The van der Waals surface area contributed by atoms with Gasteiger partial charge in [0.05, 0.1) is 16.7 Å². The second-order valence-corrected chi connectivity index (χ2v) is 8.23. The van der Waals surface area contributed by atoms with Gasteiger partial charge in [0.25, 0.3) is 5.56 Å². The molecular weight excluding hydrogens is 400 g/mol. The van der Waals surface area contributed by atoms with E-state index in [0.717, 1.165) is 18.2 Å². The van der Waals surface area contributed by atoms with Gasteiger partial charge >= 0.3 is 5.97 Å². The summed E-state index contributed by atoms with van der Waals surface area (Å²) in [4.78, 5) is 41.8. The summed E-state index contributed by atoms with van der Waals surface area (Å²) in [6.45, 7) is 4.40. The molecular formula is C23H24N2O4S. The minimum absolute atomic E-state index is 0.0332. The van der Waals surface area contributed by atoms with Gasteiger partial charge < -0.3 is 4.74 Å². The van der Waals surface area contributed by atoms with Crippen molar-refractivity contribution in [2.45, 2.75) is 32.0 Å². The Bertz CT molecular complexity index is 1090. The van der Waals surface area contributed by atoms with Crippen LogP contribution in [0.1, 0.15) is 30.6 Å². The Balaban J connectivity index is 1.69. The Morgan fingerprint density at radius 2 is 1.77 bits per heavy atom. The topological polar surface area (TPSA) is 78.3 Å². The van der Waals surface area contributed by atoms with Crippen molar-refractivity contribution < 1.29 is 14.3 Å². The highest BCUT2D eigenvalue weighted by Gasteiger charge is 2.15. The summed E-state index contributed by atoms with van der Waals surface area (Å²) in [5.74, 6) is -0.391. The number of esters is 1. The van der Waals surface area contributed by atoms with Crippen molar-refractivity contribution in [3.8, 4) is 0 Å². The van der Waals surface area contributed by atoms with Gasteiger partial charge in [-0.3, -0.25) is 19.0 Å². The number of benzene rings is 2. The predicted octanol–water partition coefficient (Wildman–Crippen LogP) is 3.96. The number of para-hydroxylation sites is 1. The van der Waals surface area contributed by atoms with E-state index in [4.69, 9.17) is 4.74 Å². The number of rotatable bonds is 9. The molecule has 156 valence electrons. The fourth-order valence-corrected chi connectivity index (χ4v) is 3.68.